The van der Waals surface area contributed by atoms with Gasteiger partial charge in [-0.15, -0.1) is 0 Å². The lowest BCUT2D eigenvalue weighted by atomic mass is 9.96. The van der Waals surface area contributed by atoms with E-state index in [4.69, 9.17) is 9.84 Å². The Kier molecular flexibility index (Phi) is 4.10. The summed E-state index contributed by atoms with van der Waals surface area (Å²) in [7, 11) is 1.11. The minimum atomic E-state index is -1.83. The molecular weight excluding hydrogens is 284 g/mol. The van der Waals surface area contributed by atoms with Crippen molar-refractivity contribution in [1.82, 2.24) is 9.55 Å². The molecule has 9 heteroatoms. The van der Waals surface area contributed by atoms with Gasteiger partial charge in [0.25, 0.3) is 5.56 Å². The highest BCUT2D eigenvalue weighted by Gasteiger charge is 2.53. The molecule has 1 aliphatic rings. The third-order valence-corrected chi connectivity index (χ3v) is 3.43. The number of esters is 1. The maximum Gasteiger partial charge on any atom is 0.362 e. The molecule has 2 heterocycles. The summed E-state index contributed by atoms with van der Waals surface area (Å²) in [5.41, 5.74) is -3.13. The number of rotatable bonds is 3. The van der Waals surface area contributed by atoms with Gasteiger partial charge in [-0.1, -0.05) is 0 Å². The Balaban J connectivity index is 2.48. The van der Waals surface area contributed by atoms with Gasteiger partial charge in [0.2, 0.25) is 5.69 Å². The molecule has 2 rings (SSSR count). The van der Waals surface area contributed by atoms with E-state index in [2.05, 4.69) is 9.72 Å². The summed E-state index contributed by atoms with van der Waals surface area (Å²) in [5.74, 6) is -0.925. The number of hydrogen-bond donors (Lipinski definition) is 3. The molecule has 0 spiro atoms. The van der Waals surface area contributed by atoms with Crippen LogP contribution in [0, 0.1) is 0 Å². The molecule has 0 radical (unpaired) electrons. The largest absolute Gasteiger partial charge is 0.464 e. The Morgan fingerprint density at radius 2 is 2.29 bits per heavy atom. The van der Waals surface area contributed by atoms with Gasteiger partial charge in [0, 0.05) is 12.4 Å². The zero-order chi connectivity index (χ0) is 15.8. The van der Waals surface area contributed by atoms with Crippen molar-refractivity contribution in [3.05, 3.63) is 28.4 Å². The second kappa shape index (κ2) is 5.53. The molecule has 0 aliphatic carbocycles. The zero-order valence-electron chi connectivity index (χ0n) is 11.5. The first-order valence-corrected chi connectivity index (χ1v) is 6.16. The Hall–Kier alpha value is -1.81. The zero-order valence-corrected chi connectivity index (χ0v) is 11.5. The fourth-order valence-corrected chi connectivity index (χ4v) is 2.24. The summed E-state index contributed by atoms with van der Waals surface area (Å²) in [6, 6.07) is 0. The van der Waals surface area contributed by atoms with Crippen LogP contribution in [0.3, 0.4) is 0 Å². The average Bonchev–Trinajstić information content (AvgIpc) is 2.69. The van der Waals surface area contributed by atoms with Crippen molar-refractivity contribution in [3.63, 3.8) is 0 Å². The van der Waals surface area contributed by atoms with E-state index in [-0.39, 0.29) is 0 Å². The summed E-state index contributed by atoms with van der Waals surface area (Å²) in [6.07, 6.45) is -1.34. The summed E-state index contributed by atoms with van der Waals surface area (Å²) in [5, 5.41) is 29.3. The van der Waals surface area contributed by atoms with Gasteiger partial charge in [-0.25, -0.2) is 9.78 Å². The van der Waals surface area contributed by atoms with Crippen LogP contribution in [0.2, 0.25) is 0 Å². The van der Waals surface area contributed by atoms with Crippen molar-refractivity contribution in [3.8, 4) is 0 Å². The molecule has 1 aromatic rings. The Morgan fingerprint density at radius 3 is 2.81 bits per heavy atom. The van der Waals surface area contributed by atoms with E-state index in [1.807, 2.05) is 0 Å². The third-order valence-electron chi connectivity index (χ3n) is 3.43. The van der Waals surface area contributed by atoms with Crippen LogP contribution in [-0.4, -0.2) is 62.4 Å². The van der Waals surface area contributed by atoms with Gasteiger partial charge in [-0.3, -0.25) is 9.36 Å². The molecular formula is C12H16N2O7. The van der Waals surface area contributed by atoms with Gasteiger partial charge in [-0.05, 0) is 6.92 Å². The number of nitrogens with zero attached hydrogens (tertiary/aromatic N) is 2. The standard InChI is InChI=1S/C12H16N2O7/c1-12(19)8(16)6(5-15)21-11(12)14-4-3-13-7(9(14)17)10(18)20-2/h3-4,6,8,11,15-16,19H,5H2,1-2H3/t6-,8?,11-,12+/m1/s1. The molecule has 1 aliphatic heterocycles. The highest BCUT2D eigenvalue weighted by molar-refractivity contribution is 5.86. The van der Waals surface area contributed by atoms with Gasteiger partial charge in [0.1, 0.15) is 17.8 Å². The molecule has 0 saturated carbocycles. The Morgan fingerprint density at radius 1 is 1.62 bits per heavy atom. The van der Waals surface area contributed by atoms with E-state index in [0.717, 1.165) is 11.7 Å². The molecule has 116 valence electrons. The van der Waals surface area contributed by atoms with Crippen LogP contribution < -0.4 is 5.56 Å². The van der Waals surface area contributed by atoms with Crippen molar-refractivity contribution in [2.24, 2.45) is 0 Å². The van der Waals surface area contributed by atoms with Crippen LogP contribution in [0.25, 0.3) is 0 Å². The van der Waals surface area contributed by atoms with Crippen LogP contribution >= 0.6 is 0 Å². The second-order valence-electron chi connectivity index (χ2n) is 4.86. The molecule has 1 saturated heterocycles. The summed E-state index contributed by atoms with van der Waals surface area (Å²) in [4.78, 5) is 27.3. The molecule has 1 unspecified atom stereocenters. The topological polar surface area (TPSA) is 131 Å². The summed E-state index contributed by atoms with van der Waals surface area (Å²) in [6.45, 7) is 0.736. The number of aliphatic hydroxyl groups excluding tert-OH is 2. The first-order chi connectivity index (χ1) is 9.84. The number of hydrogen-bond acceptors (Lipinski definition) is 8. The maximum absolute atomic E-state index is 12.2. The van der Waals surface area contributed by atoms with E-state index < -0.39 is 47.9 Å². The summed E-state index contributed by atoms with van der Waals surface area (Å²) < 4.78 is 10.7. The van der Waals surface area contributed by atoms with Crippen LogP contribution in [0.5, 0.6) is 0 Å². The average molecular weight is 300 g/mol. The van der Waals surface area contributed by atoms with Gasteiger partial charge in [0.15, 0.2) is 6.23 Å². The molecule has 3 N–H and O–H groups in total. The van der Waals surface area contributed by atoms with Crippen LogP contribution in [-0.2, 0) is 9.47 Å². The van der Waals surface area contributed by atoms with E-state index in [1.54, 1.807) is 0 Å². The lowest BCUT2D eigenvalue weighted by Gasteiger charge is -2.27. The molecule has 1 aromatic heterocycles. The molecule has 21 heavy (non-hydrogen) atoms. The van der Waals surface area contributed by atoms with Crippen molar-refractivity contribution in [1.29, 1.82) is 0 Å². The number of ether oxygens (including phenoxy) is 2. The fraction of sp³-hybridized carbons (Fsp3) is 0.583. The number of methoxy groups -OCH3 is 1. The number of carbonyl (C=O) groups excluding carboxylic acids is 1. The van der Waals surface area contributed by atoms with Crippen LogP contribution in [0.15, 0.2) is 17.2 Å². The molecule has 0 bridgehead atoms. The highest BCUT2D eigenvalue weighted by atomic mass is 16.6. The van der Waals surface area contributed by atoms with E-state index in [0.29, 0.717) is 0 Å². The molecule has 0 amide bonds. The van der Waals surface area contributed by atoms with E-state index >= 15 is 0 Å². The minimum absolute atomic E-state index is 0.471. The monoisotopic (exact) mass is 300 g/mol. The fourth-order valence-electron chi connectivity index (χ4n) is 2.24. The Bertz CT molecular complexity index is 598. The number of aliphatic hydroxyl groups is 3. The SMILES string of the molecule is COC(=O)c1nccn([C@@H]2O[C@H](CO)C(O)[C@]2(C)O)c1=O. The third kappa shape index (κ3) is 2.44. The van der Waals surface area contributed by atoms with Crippen molar-refractivity contribution < 1.29 is 29.6 Å². The summed E-state index contributed by atoms with van der Waals surface area (Å²) >= 11 is 0. The first-order valence-electron chi connectivity index (χ1n) is 6.16. The van der Waals surface area contributed by atoms with Gasteiger partial charge in [-0.2, -0.15) is 0 Å². The number of carbonyl (C=O) groups is 1. The highest BCUT2D eigenvalue weighted by Crippen LogP contribution is 2.37. The van der Waals surface area contributed by atoms with Crippen LogP contribution in [0.4, 0.5) is 0 Å². The van der Waals surface area contributed by atoms with Crippen molar-refractivity contribution >= 4 is 5.97 Å². The second-order valence-corrected chi connectivity index (χ2v) is 4.86. The predicted octanol–water partition coefficient (Wildman–Crippen LogP) is -1.97. The van der Waals surface area contributed by atoms with Gasteiger partial charge >= 0.3 is 5.97 Å². The van der Waals surface area contributed by atoms with E-state index in [9.17, 15) is 19.8 Å². The predicted molar refractivity (Wildman–Crippen MR) is 67.5 cm³/mol. The van der Waals surface area contributed by atoms with E-state index in [1.165, 1.54) is 19.3 Å². The maximum atomic E-state index is 12.2. The molecule has 0 aromatic carbocycles. The first kappa shape index (κ1) is 15.6. The van der Waals surface area contributed by atoms with Gasteiger partial charge < -0.3 is 24.8 Å². The quantitative estimate of drug-likeness (QED) is 0.548. The Labute approximate surface area is 119 Å². The normalized spacial score (nSPS) is 32.1. The van der Waals surface area contributed by atoms with Crippen molar-refractivity contribution in [2.45, 2.75) is 31.0 Å². The lowest BCUT2D eigenvalue weighted by molar-refractivity contribution is -0.0983. The van der Waals surface area contributed by atoms with Gasteiger partial charge in [0.05, 0.1) is 13.7 Å². The molecule has 4 atom stereocenters. The molecule has 1 fully saturated rings. The lowest BCUT2D eigenvalue weighted by Crippen LogP contribution is -2.46. The smallest absolute Gasteiger partial charge is 0.362 e. The van der Waals surface area contributed by atoms with Crippen molar-refractivity contribution in [2.75, 3.05) is 13.7 Å². The minimum Gasteiger partial charge on any atom is -0.464 e. The molecule has 9 nitrogen and oxygen atoms in total. The number of aromatic nitrogens is 2. The van der Waals surface area contributed by atoms with Crippen LogP contribution in [0.1, 0.15) is 23.6 Å².